The number of benzene rings is 1. The highest BCUT2D eigenvalue weighted by molar-refractivity contribution is 5.28. The molecule has 68 valence electrons. The highest BCUT2D eigenvalue weighted by Crippen LogP contribution is 2.12. The molecule has 0 amide bonds. The van der Waals surface area contributed by atoms with Crippen LogP contribution in [-0.2, 0) is 6.42 Å². The molecule has 0 saturated heterocycles. The van der Waals surface area contributed by atoms with Crippen molar-refractivity contribution in [3.8, 4) is 11.9 Å². The van der Waals surface area contributed by atoms with Crippen LogP contribution in [0.25, 0.3) is 0 Å². The lowest BCUT2D eigenvalue weighted by Crippen LogP contribution is -2.09. The van der Waals surface area contributed by atoms with Crippen LogP contribution in [0.3, 0.4) is 0 Å². The fraction of sp³-hybridized carbons (Fsp3) is 0.300. The fourth-order valence-corrected chi connectivity index (χ4v) is 1.09. The van der Waals surface area contributed by atoms with Crippen molar-refractivity contribution < 1.29 is 4.74 Å². The Morgan fingerprint density at radius 2 is 2.38 bits per heavy atom. The smallest absolute Gasteiger partial charge is 0.176 e. The van der Waals surface area contributed by atoms with Gasteiger partial charge >= 0.3 is 0 Å². The van der Waals surface area contributed by atoms with E-state index < -0.39 is 0 Å². The summed E-state index contributed by atoms with van der Waals surface area (Å²) in [5, 5.41) is 10.9. The van der Waals surface area contributed by atoms with Crippen molar-refractivity contribution in [3.63, 3.8) is 0 Å². The molecule has 0 aliphatic carbocycles. The Kier molecular flexibility index (Phi) is 3.65. The predicted molar refractivity (Wildman–Crippen MR) is 50.3 cm³/mol. The lowest BCUT2D eigenvalue weighted by Gasteiger charge is -2.02. The maximum atomic E-state index is 8.26. The van der Waals surface area contributed by atoms with Gasteiger partial charge in [-0.2, -0.15) is 5.26 Å². The van der Waals surface area contributed by atoms with Crippen molar-refractivity contribution in [2.24, 2.45) is 0 Å². The molecule has 13 heavy (non-hydrogen) atoms. The fourth-order valence-electron chi connectivity index (χ4n) is 1.09. The number of hydrogen-bond donors (Lipinski definition) is 1. The van der Waals surface area contributed by atoms with Crippen molar-refractivity contribution in [1.82, 2.24) is 5.32 Å². The van der Waals surface area contributed by atoms with Crippen LogP contribution in [0.15, 0.2) is 24.3 Å². The molecule has 1 aromatic carbocycles. The van der Waals surface area contributed by atoms with Gasteiger partial charge in [0, 0.05) is 6.54 Å². The van der Waals surface area contributed by atoms with E-state index in [1.165, 1.54) is 5.56 Å². The molecule has 3 heteroatoms. The van der Waals surface area contributed by atoms with Gasteiger partial charge in [-0.3, -0.25) is 0 Å². The molecule has 0 atom stereocenters. The van der Waals surface area contributed by atoms with Crippen LogP contribution in [0.5, 0.6) is 5.75 Å². The van der Waals surface area contributed by atoms with E-state index in [0.717, 1.165) is 12.2 Å². The van der Waals surface area contributed by atoms with Crippen LogP contribution in [0.2, 0.25) is 0 Å². The SMILES string of the molecule is COc1cccc(CCNC#N)c1. The topological polar surface area (TPSA) is 45.0 Å². The molecule has 0 aliphatic heterocycles. The van der Waals surface area contributed by atoms with Gasteiger partial charge in [-0.05, 0) is 24.1 Å². The van der Waals surface area contributed by atoms with Crippen LogP contribution in [0, 0.1) is 11.5 Å². The quantitative estimate of drug-likeness (QED) is 0.427. The second kappa shape index (κ2) is 5.04. The Hall–Kier alpha value is -1.69. The summed E-state index contributed by atoms with van der Waals surface area (Å²) in [6, 6.07) is 7.84. The molecule has 0 radical (unpaired) electrons. The molecule has 0 spiro atoms. The van der Waals surface area contributed by atoms with E-state index in [9.17, 15) is 0 Å². The van der Waals surface area contributed by atoms with Crippen LogP contribution < -0.4 is 10.1 Å². The molecular weight excluding hydrogens is 164 g/mol. The van der Waals surface area contributed by atoms with Gasteiger partial charge in [0.2, 0.25) is 0 Å². The van der Waals surface area contributed by atoms with E-state index in [1.807, 2.05) is 30.5 Å². The van der Waals surface area contributed by atoms with Crippen molar-refractivity contribution in [2.75, 3.05) is 13.7 Å². The average Bonchev–Trinajstić information content (AvgIpc) is 2.19. The zero-order valence-electron chi connectivity index (χ0n) is 7.58. The van der Waals surface area contributed by atoms with Crippen molar-refractivity contribution in [1.29, 1.82) is 5.26 Å². The van der Waals surface area contributed by atoms with Crippen molar-refractivity contribution in [3.05, 3.63) is 29.8 Å². The summed E-state index contributed by atoms with van der Waals surface area (Å²) in [7, 11) is 1.65. The predicted octanol–water partition coefficient (Wildman–Crippen LogP) is 1.31. The Balaban J connectivity index is 2.52. The molecule has 1 rings (SSSR count). The van der Waals surface area contributed by atoms with E-state index >= 15 is 0 Å². The molecular formula is C10H12N2O. The van der Waals surface area contributed by atoms with Gasteiger partial charge in [0.05, 0.1) is 7.11 Å². The Bertz CT molecular complexity index is 304. The summed E-state index contributed by atoms with van der Waals surface area (Å²) >= 11 is 0. The third kappa shape index (κ3) is 3.04. The third-order valence-corrected chi connectivity index (χ3v) is 1.75. The second-order valence-electron chi connectivity index (χ2n) is 2.64. The van der Waals surface area contributed by atoms with E-state index in [1.54, 1.807) is 7.11 Å². The third-order valence-electron chi connectivity index (χ3n) is 1.75. The van der Waals surface area contributed by atoms with Gasteiger partial charge in [-0.15, -0.1) is 0 Å². The van der Waals surface area contributed by atoms with Gasteiger partial charge in [0.25, 0.3) is 0 Å². The van der Waals surface area contributed by atoms with E-state index in [-0.39, 0.29) is 0 Å². The maximum absolute atomic E-state index is 8.26. The molecule has 0 saturated carbocycles. The second-order valence-corrected chi connectivity index (χ2v) is 2.64. The first-order valence-corrected chi connectivity index (χ1v) is 4.11. The largest absolute Gasteiger partial charge is 0.497 e. The van der Waals surface area contributed by atoms with Gasteiger partial charge in [-0.25, -0.2) is 0 Å². The minimum atomic E-state index is 0.670. The summed E-state index contributed by atoms with van der Waals surface area (Å²) in [5.74, 6) is 0.856. The zero-order chi connectivity index (χ0) is 9.52. The Labute approximate surface area is 77.9 Å². The monoisotopic (exact) mass is 176 g/mol. The van der Waals surface area contributed by atoms with Crippen LogP contribution in [-0.4, -0.2) is 13.7 Å². The number of ether oxygens (including phenoxy) is 1. The lowest BCUT2D eigenvalue weighted by atomic mass is 10.1. The van der Waals surface area contributed by atoms with Gasteiger partial charge in [0.1, 0.15) is 5.75 Å². The number of hydrogen-bond acceptors (Lipinski definition) is 3. The number of nitrogens with one attached hydrogen (secondary N) is 1. The highest BCUT2D eigenvalue weighted by Gasteiger charge is 1.94. The van der Waals surface area contributed by atoms with Crippen LogP contribution in [0.4, 0.5) is 0 Å². The maximum Gasteiger partial charge on any atom is 0.176 e. The molecule has 0 bridgehead atoms. The van der Waals surface area contributed by atoms with E-state index in [4.69, 9.17) is 10.00 Å². The standard InChI is InChI=1S/C10H12N2O/c1-13-10-4-2-3-9(7-10)5-6-12-8-11/h2-4,7,12H,5-6H2,1H3. The first-order valence-electron chi connectivity index (χ1n) is 4.11. The van der Waals surface area contributed by atoms with E-state index in [0.29, 0.717) is 6.54 Å². The summed E-state index contributed by atoms with van der Waals surface area (Å²) in [5.41, 5.74) is 1.17. The molecule has 1 N–H and O–H groups in total. The van der Waals surface area contributed by atoms with Gasteiger partial charge in [0.15, 0.2) is 6.19 Å². The zero-order valence-corrected chi connectivity index (χ0v) is 7.58. The molecule has 0 aromatic heterocycles. The minimum absolute atomic E-state index is 0.670. The summed E-state index contributed by atoms with van der Waals surface area (Å²) in [6.45, 7) is 0.670. The first-order chi connectivity index (χ1) is 6.36. The normalized spacial score (nSPS) is 8.92. The molecule has 3 nitrogen and oxygen atoms in total. The lowest BCUT2D eigenvalue weighted by molar-refractivity contribution is 0.414. The highest BCUT2D eigenvalue weighted by atomic mass is 16.5. The van der Waals surface area contributed by atoms with Crippen molar-refractivity contribution in [2.45, 2.75) is 6.42 Å². The minimum Gasteiger partial charge on any atom is -0.497 e. The molecule has 0 unspecified atom stereocenters. The van der Waals surface area contributed by atoms with Gasteiger partial charge in [-0.1, -0.05) is 12.1 Å². The number of methoxy groups -OCH3 is 1. The molecule has 1 aromatic rings. The number of nitrogens with zero attached hydrogens (tertiary/aromatic N) is 1. The Morgan fingerprint density at radius 1 is 1.54 bits per heavy atom. The summed E-state index contributed by atoms with van der Waals surface area (Å²) < 4.78 is 5.08. The number of nitriles is 1. The Morgan fingerprint density at radius 3 is 3.08 bits per heavy atom. The summed E-state index contributed by atoms with van der Waals surface area (Å²) in [4.78, 5) is 0. The average molecular weight is 176 g/mol. The summed E-state index contributed by atoms with van der Waals surface area (Å²) in [6.07, 6.45) is 2.72. The van der Waals surface area contributed by atoms with Gasteiger partial charge < -0.3 is 10.1 Å². The van der Waals surface area contributed by atoms with Crippen molar-refractivity contribution >= 4 is 0 Å². The van der Waals surface area contributed by atoms with E-state index in [2.05, 4.69) is 5.32 Å². The first kappa shape index (κ1) is 9.40. The van der Waals surface area contributed by atoms with Crippen LogP contribution >= 0.6 is 0 Å². The molecule has 0 fully saturated rings. The molecule has 0 heterocycles. The number of rotatable bonds is 4. The van der Waals surface area contributed by atoms with Crippen LogP contribution in [0.1, 0.15) is 5.56 Å². The molecule has 0 aliphatic rings.